The van der Waals surface area contributed by atoms with Crippen LogP contribution in [0.15, 0.2) is 0 Å². The number of nitrogens with zero attached hydrogens (tertiary/aromatic N) is 1. The van der Waals surface area contributed by atoms with Crippen molar-refractivity contribution in [2.24, 2.45) is 5.92 Å². The van der Waals surface area contributed by atoms with Gasteiger partial charge in [0.2, 0.25) is 0 Å². The molecule has 3 atom stereocenters. The fourth-order valence-electron chi connectivity index (χ4n) is 2.38. The van der Waals surface area contributed by atoms with Gasteiger partial charge in [0.25, 0.3) is 0 Å². The molecule has 17 heavy (non-hydrogen) atoms. The summed E-state index contributed by atoms with van der Waals surface area (Å²) < 4.78 is 0. The van der Waals surface area contributed by atoms with Crippen LogP contribution in [0, 0.1) is 5.92 Å². The van der Waals surface area contributed by atoms with Crippen molar-refractivity contribution in [3.05, 3.63) is 0 Å². The quantitative estimate of drug-likeness (QED) is 0.788. The maximum atomic E-state index is 11.9. The van der Waals surface area contributed by atoms with Crippen LogP contribution in [-0.4, -0.2) is 41.1 Å². The van der Waals surface area contributed by atoms with Gasteiger partial charge in [0.1, 0.15) is 6.04 Å². The van der Waals surface area contributed by atoms with Crippen molar-refractivity contribution in [2.75, 3.05) is 7.05 Å². The molecule has 0 aliphatic heterocycles. The third kappa shape index (κ3) is 3.35. The second kappa shape index (κ2) is 5.89. The monoisotopic (exact) mass is 242 g/mol. The van der Waals surface area contributed by atoms with Crippen molar-refractivity contribution >= 4 is 12.0 Å². The molecule has 1 rings (SSSR count). The van der Waals surface area contributed by atoms with Crippen LogP contribution in [-0.2, 0) is 4.79 Å². The van der Waals surface area contributed by atoms with E-state index < -0.39 is 12.0 Å². The van der Waals surface area contributed by atoms with Gasteiger partial charge in [-0.3, -0.25) is 0 Å². The molecule has 1 aliphatic carbocycles. The first-order chi connectivity index (χ1) is 7.97. The Morgan fingerprint density at radius 2 is 2.12 bits per heavy atom. The molecule has 0 bridgehead atoms. The Bertz CT molecular complexity index is 293. The molecule has 1 fully saturated rings. The van der Waals surface area contributed by atoms with E-state index in [0.717, 1.165) is 19.3 Å². The van der Waals surface area contributed by atoms with Crippen LogP contribution in [0.1, 0.15) is 39.5 Å². The SMILES string of the molecule is CCC(C(=O)O)N(C)C(=O)NC1CCCC1C. The van der Waals surface area contributed by atoms with Crippen molar-refractivity contribution in [1.29, 1.82) is 0 Å². The zero-order valence-electron chi connectivity index (χ0n) is 10.8. The van der Waals surface area contributed by atoms with Crippen molar-refractivity contribution < 1.29 is 14.7 Å². The summed E-state index contributed by atoms with van der Waals surface area (Å²) in [4.78, 5) is 24.1. The first-order valence-electron chi connectivity index (χ1n) is 6.23. The molecule has 98 valence electrons. The van der Waals surface area contributed by atoms with Gasteiger partial charge in [-0.05, 0) is 25.2 Å². The zero-order chi connectivity index (χ0) is 13.0. The fraction of sp³-hybridized carbons (Fsp3) is 0.833. The Balaban J connectivity index is 2.54. The predicted molar refractivity (Wildman–Crippen MR) is 64.8 cm³/mol. The Morgan fingerprint density at radius 1 is 1.47 bits per heavy atom. The lowest BCUT2D eigenvalue weighted by Gasteiger charge is -2.27. The molecule has 5 heteroatoms. The number of amides is 2. The highest BCUT2D eigenvalue weighted by Crippen LogP contribution is 2.24. The number of hydrogen-bond acceptors (Lipinski definition) is 2. The highest BCUT2D eigenvalue weighted by Gasteiger charge is 2.29. The van der Waals surface area contributed by atoms with Crippen LogP contribution >= 0.6 is 0 Å². The lowest BCUT2D eigenvalue weighted by atomic mass is 10.1. The first-order valence-corrected chi connectivity index (χ1v) is 6.23. The van der Waals surface area contributed by atoms with E-state index in [2.05, 4.69) is 12.2 Å². The van der Waals surface area contributed by atoms with E-state index in [0.29, 0.717) is 12.3 Å². The van der Waals surface area contributed by atoms with Gasteiger partial charge in [0.05, 0.1) is 0 Å². The van der Waals surface area contributed by atoms with Gasteiger partial charge in [-0.2, -0.15) is 0 Å². The van der Waals surface area contributed by atoms with Crippen LogP contribution < -0.4 is 5.32 Å². The van der Waals surface area contributed by atoms with Gasteiger partial charge in [0.15, 0.2) is 0 Å². The van der Waals surface area contributed by atoms with Crippen LogP contribution in [0.3, 0.4) is 0 Å². The van der Waals surface area contributed by atoms with Gasteiger partial charge in [-0.1, -0.05) is 20.3 Å². The molecule has 0 saturated heterocycles. The number of likely N-dealkylation sites (N-methyl/N-ethyl adjacent to an activating group) is 1. The van der Waals surface area contributed by atoms with E-state index in [1.54, 1.807) is 6.92 Å². The molecular weight excluding hydrogens is 220 g/mol. The van der Waals surface area contributed by atoms with Crippen LogP contribution in [0.5, 0.6) is 0 Å². The summed E-state index contributed by atoms with van der Waals surface area (Å²) in [6.07, 6.45) is 3.67. The summed E-state index contributed by atoms with van der Waals surface area (Å²) in [5, 5.41) is 11.9. The smallest absolute Gasteiger partial charge is 0.326 e. The van der Waals surface area contributed by atoms with Gasteiger partial charge in [-0.25, -0.2) is 9.59 Å². The van der Waals surface area contributed by atoms with Crippen molar-refractivity contribution in [3.8, 4) is 0 Å². The van der Waals surface area contributed by atoms with Crippen LogP contribution in [0.25, 0.3) is 0 Å². The Morgan fingerprint density at radius 3 is 2.53 bits per heavy atom. The molecule has 1 saturated carbocycles. The normalized spacial score (nSPS) is 25.4. The third-order valence-electron chi connectivity index (χ3n) is 3.63. The predicted octanol–water partition coefficient (Wildman–Crippen LogP) is 1.68. The number of urea groups is 1. The minimum Gasteiger partial charge on any atom is -0.480 e. The summed E-state index contributed by atoms with van der Waals surface area (Å²) in [5.41, 5.74) is 0. The topological polar surface area (TPSA) is 69.6 Å². The minimum atomic E-state index is -0.954. The average molecular weight is 242 g/mol. The lowest BCUT2D eigenvalue weighted by Crippen LogP contribution is -2.50. The molecule has 0 radical (unpaired) electrons. The van der Waals surface area contributed by atoms with E-state index in [-0.39, 0.29) is 12.1 Å². The zero-order valence-corrected chi connectivity index (χ0v) is 10.8. The summed E-state index contributed by atoms with van der Waals surface area (Å²) >= 11 is 0. The third-order valence-corrected chi connectivity index (χ3v) is 3.63. The molecule has 0 aromatic rings. The summed E-state index contributed by atoms with van der Waals surface area (Å²) in [6, 6.07) is -0.832. The van der Waals surface area contributed by atoms with E-state index >= 15 is 0 Å². The van der Waals surface area contributed by atoms with Crippen molar-refractivity contribution in [3.63, 3.8) is 0 Å². The highest BCUT2D eigenvalue weighted by atomic mass is 16.4. The minimum absolute atomic E-state index is 0.191. The fourth-order valence-corrected chi connectivity index (χ4v) is 2.38. The molecule has 2 N–H and O–H groups in total. The number of carboxylic acid groups (broad SMARTS) is 1. The highest BCUT2D eigenvalue weighted by molar-refractivity contribution is 5.82. The number of rotatable bonds is 4. The second-order valence-corrected chi connectivity index (χ2v) is 4.84. The largest absolute Gasteiger partial charge is 0.480 e. The summed E-state index contributed by atoms with van der Waals surface area (Å²) in [6.45, 7) is 3.88. The summed E-state index contributed by atoms with van der Waals surface area (Å²) in [7, 11) is 1.54. The first kappa shape index (κ1) is 13.8. The van der Waals surface area contributed by atoms with E-state index in [1.165, 1.54) is 11.9 Å². The van der Waals surface area contributed by atoms with Gasteiger partial charge in [0, 0.05) is 13.1 Å². The van der Waals surface area contributed by atoms with Gasteiger partial charge < -0.3 is 15.3 Å². The molecule has 0 aromatic carbocycles. The standard InChI is InChI=1S/C12H22N2O3/c1-4-10(11(15)16)14(3)12(17)13-9-7-5-6-8(9)2/h8-10H,4-7H2,1-3H3,(H,13,17)(H,15,16). The number of carbonyl (C=O) groups excluding carboxylic acids is 1. The van der Waals surface area contributed by atoms with Gasteiger partial charge >= 0.3 is 12.0 Å². The molecule has 0 heterocycles. The Labute approximate surface area is 102 Å². The maximum Gasteiger partial charge on any atom is 0.326 e. The number of aliphatic carboxylic acids is 1. The molecule has 5 nitrogen and oxygen atoms in total. The van der Waals surface area contributed by atoms with Gasteiger partial charge in [-0.15, -0.1) is 0 Å². The molecule has 3 unspecified atom stereocenters. The van der Waals surface area contributed by atoms with Crippen molar-refractivity contribution in [2.45, 2.75) is 51.6 Å². The van der Waals surface area contributed by atoms with E-state index in [1.807, 2.05) is 0 Å². The Kier molecular flexibility index (Phi) is 4.78. The average Bonchev–Trinajstić information content (AvgIpc) is 2.64. The molecule has 0 spiro atoms. The Hall–Kier alpha value is -1.26. The van der Waals surface area contributed by atoms with Crippen molar-refractivity contribution in [1.82, 2.24) is 10.2 Å². The molecule has 1 aliphatic rings. The summed E-state index contributed by atoms with van der Waals surface area (Å²) in [5.74, 6) is -0.470. The van der Waals surface area contributed by atoms with E-state index in [4.69, 9.17) is 5.11 Å². The lowest BCUT2D eigenvalue weighted by molar-refractivity contribution is -0.141. The van der Waals surface area contributed by atoms with Crippen LogP contribution in [0.4, 0.5) is 4.79 Å². The maximum absolute atomic E-state index is 11.9. The molecular formula is C12H22N2O3. The number of carboxylic acids is 1. The number of nitrogens with one attached hydrogen (secondary N) is 1. The second-order valence-electron chi connectivity index (χ2n) is 4.84. The number of hydrogen-bond donors (Lipinski definition) is 2. The number of carbonyl (C=O) groups is 2. The van der Waals surface area contributed by atoms with E-state index in [9.17, 15) is 9.59 Å². The van der Waals surface area contributed by atoms with Crippen LogP contribution in [0.2, 0.25) is 0 Å². The molecule has 0 aromatic heterocycles. The molecule has 2 amide bonds.